The number of ether oxygens (including phenoxy) is 1. The predicted octanol–water partition coefficient (Wildman–Crippen LogP) is 2.26. The number of nitrogens with one attached hydrogen (secondary N) is 1. The van der Waals surface area contributed by atoms with E-state index in [1.165, 1.54) is 19.3 Å². The molecule has 0 spiro atoms. The van der Waals surface area contributed by atoms with Gasteiger partial charge in [-0.3, -0.25) is 4.90 Å². The normalized spacial score (nSPS) is 24.2. The maximum Gasteiger partial charge on any atom is 0.0826 e. The Morgan fingerprint density at radius 1 is 1.35 bits per heavy atom. The molecule has 17 heavy (non-hydrogen) atoms. The van der Waals surface area contributed by atoms with Gasteiger partial charge >= 0.3 is 0 Å². The molecule has 0 aromatic rings. The molecule has 0 aromatic carbocycles. The van der Waals surface area contributed by atoms with E-state index < -0.39 is 0 Å². The van der Waals surface area contributed by atoms with Crippen molar-refractivity contribution in [1.29, 1.82) is 0 Å². The van der Waals surface area contributed by atoms with Gasteiger partial charge in [-0.15, -0.1) is 0 Å². The molecule has 2 unspecified atom stereocenters. The highest BCUT2D eigenvalue weighted by Crippen LogP contribution is 2.09. The largest absolute Gasteiger partial charge is 0.374 e. The van der Waals surface area contributed by atoms with E-state index in [2.05, 4.69) is 37.9 Å². The fourth-order valence-electron chi connectivity index (χ4n) is 2.43. The highest BCUT2D eigenvalue weighted by molar-refractivity contribution is 4.77. The first-order chi connectivity index (χ1) is 8.17. The Morgan fingerprint density at radius 3 is 2.71 bits per heavy atom. The Balaban J connectivity index is 2.26. The average molecular weight is 242 g/mol. The van der Waals surface area contributed by atoms with Crippen molar-refractivity contribution in [1.82, 2.24) is 10.2 Å². The van der Waals surface area contributed by atoms with E-state index in [-0.39, 0.29) is 0 Å². The highest BCUT2D eigenvalue weighted by atomic mass is 16.5. The number of hydrogen-bond acceptors (Lipinski definition) is 3. The van der Waals surface area contributed by atoms with Crippen molar-refractivity contribution in [2.45, 2.75) is 65.1 Å². The minimum atomic E-state index is 0.372. The summed E-state index contributed by atoms with van der Waals surface area (Å²) in [6, 6.07) is 1.30. The standard InChI is InChI=1S/C14H30N2O/c1-5-7-13(6-2)15-10-14-11-16(12(3)4)8-9-17-14/h12-15H,5-11H2,1-4H3. The first-order valence-electron chi connectivity index (χ1n) is 7.26. The third kappa shape index (κ3) is 5.36. The first kappa shape index (κ1) is 14.9. The van der Waals surface area contributed by atoms with Gasteiger partial charge in [0.1, 0.15) is 0 Å². The summed E-state index contributed by atoms with van der Waals surface area (Å²) in [5.74, 6) is 0. The zero-order valence-electron chi connectivity index (χ0n) is 12.0. The van der Waals surface area contributed by atoms with Crippen LogP contribution in [-0.2, 0) is 4.74 Å². The van der Waals surface area contributed by atoms with Crippen LogP contribution in [0.2, 0.25) is 0 Å². The fraction of sp³-hybridized carbons (Fsp3) is 1.00. The first-order valence-corrected chi connectivity index (χ1v) is 7.26. The molecule has 0 radical (unpaired) electrons. The van der Waals surface area contributed by atoms with Crippen LogP contribution in [0.1, 0.15) is 47.0 Å². The molecule has 1 saturated heterocycles. The van der Waals surface area contributed by atoms with Crippen molar-refractivity contribution in [2.24, 2.45) is 0 Å². The van der Waals surface area contributed by atoms with Gasteiger partial charge in [0.15, 0.2) is 0 Å². The molecular weight excluding hydrogens is 212 g/mol. The lowest BCUT2D eigenvalue weighted by molar-refractivity contribution is -0.0382. The van der Waals surface area contributed by atoms with E-state index in [1.54, 1.807) is 0 Å². The molecule has 0 saturated carbocycles. The Morgan fingerprint density at radius 2 is 2.12 bits per heavy atom. The lowest BCUT2D eigenvalue weighted by atomic mass is 10.1. The van der Waals surface area contributed by atoms with Crippen LogP contribution in [0.15, 0.2) is 0 Å². The molecule has 0 aliphatic carbocycles. The lowest BCUT2D eigenvalue weighted by Crippen LogP contribution is -2.50. The summed E-state index contributed by atoms with van der Waals surface area (Å²) in [7, 11) is 0. The van der Waals surface area contributed by atoms with Crippen LogP contribution in [0.25, 0.3) is 0 Å². The quantitative estimate of drug-likeness (QED) is 0.741. The number of hydrogen-bond donors (Lipinski definition) is 1. The second-order valence-corrected chi connectivity index (χ2v) is 5.38. The van der Waals surface area contributed by atoms with Gasteiger partial charge < -0.3 is 10.1 Å². The molecule has 1 aliphatic rings. The van der Waals surface area contributed by atoms with E-state index in [4.69, 9.17) is 4.74 Å². The topological polar surface area (TPSA) is 24.5 Å². The van der Waals surface area contributed by atoms with Gasteiger partial charge in [0.25, 0.3) is 0 Å². The molecule has 0 bridgehead atoms. The Labute approximate surface area is 107 Å². The summed E-state index contributed by atoms with van der Waals surface area (Å²) in [5.41, 5.74) is 0. The molecule has 3 nitrogen and oxygen atoms in total. The molecule has 3 heteroatoms. The van der Waals surface area contributed by atoms with Crippen LogP contribution < -0.4 is 5.32 Å². The van der Waals surface area contributed by atoms with Gasteiger partial charge in [0, 0.05) is 31.7 Å². The lowest BCUT2D eigenvalue weighted by Gasteiger charge is -2.36. The summed E-state index contributed by atoms with van der Waals surface area (Å²) in [6.07, 6.45) is 4.12. The van der Waals surface area contributed by atoms with Crippen LogP contribution in [0.4, 0.5) is 0 Å². The fourth-order valence-corrected chi connectivity index (χ4v) is 2.43. The maximum absolute atomic E-state index is 5.83. The highest BCUT2D eigenvalue weighted by Gasteiger charge is 2.22. The van der Waals surface area contributed by atoms with Crippen LogP contribution in [0.3, 0.4) is 0 Å². The number of rotatable bonds is 7. The zero-order valence-corrected chi connectivity index (χ0v) is 12.0. The molecular formula is C14H30N2O. The molecule has 0 amide bonds. The van der Waals surface area contributed by atoms with E-state index in [0.29, 0.717) is 18.2 Å². The third-order valence-electron chi connectivity index (χ3n) is 3.66. The van der Waals surface area contributed by atoms with Gasteiger partial charge in [-0.05, 0) is 26.7 Å². The van der Waals surface area contributed by atoms with E-state index in [0.717, 1.165) is 26.2 Å². The molecule has 2 atom stereocenters. The van der Waals surface area contributed by atoms with Gasteiger partial charge in [-0.1, -0.05) is 20.3 Å². The molecule has 1 aliphatic heterocycles. The number of nitrogens with zero attached hydrogens (tertiary/aromatic N) is 1. The summed E-state index contributed by atoms with van der Waals surface area (Å²) >= 11 is 0. The van der Waals surface area contributed by atoms with Crippen LogP contribution in [-0.4, -0.2) is 49.3 Å². The second kappa shape index (κ2) is 8.06. The molecule has 1 heterocycles. The summed E-state index contributed by atoms with van der Waals surface area (Å²) in [4.78, 5) is 2.51. The summed E-state index contributed by atoms with van der Waals surface area (Å²) in [5, 5.41) is 3.65. The van der Waals surface area contributed by atoms with Gasteiger partial charge in [0.05, 0.1) is 12.7 Å². The van der Waals surface area contributed by atoms with Crippen LogP contribution in [0.5, 0.6) is 0 Å². The van der Waals surface area contributed by atoms with Gasteiger partial charge in [-0.2, -0.15) is 0 Å². The van der Waals surface area contributed by atoms with Crippen molar-refractivity contribution >= 4 is 0 Å². The molecule has 1 rings (SSSR count). The second-order valence-electron chi connectivity index (χ2n) is 5.38. The van der Waals surface area contributed by atoms with E-state index in [1.807, 2.05) is 0 Å². The number of morpholine rings is 1. The van der Waals surface area contributed by atoms with Crippen molar-refractivity contribution in [3.63, 3.8) is 0 Å². The van der Waals surface area contributed by atoms with Crippen LogP contribution in [0, 0.1) is 0 Å². The van der Waals surface area contributed by atoms with Crippen LogP contribution >= 0.6 is 0 Å². The smallest absolute Gasteiger partial charge is 0.0826 e. The monoisotopic (exact) mass is 242 g/mol. The molecule has 1 N–H and O–H groups in total. The SMILES string of the molecule is CCCC(CC)NCC1CN(C(C)C)CCO1. The van der Waals surface area contributed by atoms with Gasteiger partial charge in [-0.25, -0.2) is 0 Å². The van der Waals surface area contributed by atoms with E-state index >= 15 is 0 Å². The Hall–Kier alpha value is -0.120. The maximum atomic E-state index is 5.83. The summed E-state index contributed by atoms with van der Waals surface area (Å²) in [6.45, 7) is 13.1. The van der Waals surface area contributed by atoms with Crippen molar-refractivity contribution in [2.75, 3.05) is 26.2 Å². The van der Waals surface area contributed by atoms with Crippen molar-refractivity contribution < 1.29 is 4.74 Å². The zero-order chi connectivity index (χ0) is 12.7. The molecule has 0 aromatic heterocycles. The van der Waals surface area contributed by atoms with Crippen molar-refractivity contribution in [3.05, 3.63) is 0 Å². The van der Waals surface area contributed by atoms with Crippen molar-refractivity contribution in [3.8, 4) is 0 Å². The Kier molecular flexibility index (Phi) is 7.09. The minimum Gasteiger partial charge on any atom is -0.374 e. The third-order valence-corrected chi connectivity index (χ3v) is 3.66. The Bertz CT molecular complexity index is 197. The molecule has 1 fully saturated rings. The summed E-state index contributed by atoms with van der Waals surface area (Å²) < 4.78 is 5.83. The predicted molar refractivity (Wildman–Crippen MR) is 73.4 cm³/mol. The average Bonchev–Trinajstić information content (AvgIpc) is 2.34. The van der Waals surface area contributed by atoms with E-state index in [9.17, 15) is 0 Å². The van der Waals surface area contributed by atoms with Gasteiger partial charge in [0.2, 0.25) is 0 Å². The molecule has 102 valence electrons. The minimum absolute atomic E-state index is 0.372.